The monoisotopic (exact) mass is 392 g/mol. The number of nitrogens with one attached hydrogen (secondary N) is 1. The summed E-state index contributed by atoms with van der Waals surface area (Å²) in [4.78, 5) is 31.5. The predicted octanol–water partition coefficient (Wildman–Crippen LogP) is 2.36. The normalized spacial score (nSPS) is 15.3. The van der Waals surface area contributed by atoms with Gasteiger partial charge in [-0.05, 0) is 49.9 Å². The van der Waals surface area contributed by atoms with Crippen molar-refractivity contribution in [3.8, 4) is 0 Å². The largest absolute Gasteiger partial charge is 0.355 e. The minimum atomic E-state index is -0.401. The Kier molecular flexibility index (Phi) is 5.50. The third-order valence-electron chi connectivity index (χ3n) is 5.23. The van der Waals surface area contributed by atoms with Crippen molar-refractivity contribution in [1.29, 1.82) is 0 Å². The molecule has 150 valence electrons. The number of hydrogen-bond acceptors (Lipinski definition) is 6. The zero-order chi connectivity index (χ0) is 20.2. The quantitative estimate of drug-likeness (QED) is 0.717. The molecule has 1 amide bonds. The molecular weight excluding hydrogens is 368 g/mol. The summed E-state index contributed by atoms with van der Waals surface area (Å²) in [5.74, 6) is 0.473. The van der Waals surface area contributed by atoms with Crippen LogP contribution in [0.1, 0.15) is 54.8 Å². The number of amides is 1. The Hall–Kier alpha value is -3.29. The summed E-state index contributed by atoms with van der Waals surface area (Å²) < 4.78 is 1.40. The lowest BCUT2D eigenvalue weighted by Gasteiger charge is -2.27. The van der Waals surface area contributed by atoms with Gasteiger partial charge in [-0.1, -0.05) is 13.0 Å². The summed E-state index contributed by atoms with van der Waals surface area (Å²) in [7, 11) is 0. The molecule has 3 aromatic rings. The van der Waals surface area contributed by atoms with Crippen molar-refractivity contribution in [1.82, 2.24) is 24.9 Å². The summed E-state index contributed by atoms with van der Waals surface area (Å²) in [6.45, 7) is 3.98. The van der Waals surface area contributed by atoms with Gasteiger partial charge >= 0.3 is 0 Å². The summed E-state index contributed by atoms with van der Waals surface area (Å²) in [6.07, 6.45) is 5.89. The Balaban J connectivity index is 1.51. The van der Waals surface area contributed by atoms with Crippen LogP contribution < -0.4 is 15.8 Å². The number of aromatic nitrogens is 4. The van der Waals surface area contributed by atoms with E-state index in [1.54, 1.807) is 24.4 Å². The molecule has 1 aliphatic rings. The van der Waals surface area contributed by atoms with Gasteiger partial charge in [0.1, 0.15) is 11.3 Å². The molecule has 0 saturated carbocycles. The number of piperidine rings is 1. The lowest BCUT2D eigenvalue weighted by molar-refractivity contribution is 0.0929. The van der Waals surface area contributed by atoms with Crippen LogP contribution in [0.15, 0.2) is 47.4 Å². The Bertz CT molecular complexity index is 1060. The highest BCUT2D eigenvalue weighted by Crippen LogP contribution is 2.20. The average molecular weight is 392 g/mol. The molecule has 0 aromatic carbocycles. The van der Waals surface area contributed by atoms with Gasteiger partial charge in [-0.2, -0.15) is 5.10 Å². The standard InChI is InChI=1S/C21H24N6O2/c1-2-15(16-9-10-19(25-24-16)26-11-5-3-6-12-26)23-21(29)17-14-20(28)27-13-7-4-8-18(27)22-17/h4,7-10,13-15H,2-3,5-6,11-12H2,1H3,(H,23,29). The van der Waals surface area contributed by atoms with E-state index in [2.05, 4.69) is 25.4 Å². The molecule has 1 fully saturated rings. The van der Waals surface area contributed by atoms with Crippen molar-refractivity contribution in [2.75, 3.05) is 18.0 Å². The molecule has 4 heterocycles. The molecule has 0 bridgehead atoms. The van der Waals surface area contributed by atoms with Gasteiger partial charge in [0.25, 0.3) is 11.5 Å². The molecule has 1 aliphatic heterocycles. The highest BCUT2D eigenvalue weighted by atomic mass is 16.2. The van der Waals surface area contributed by atoms with Gasteiger partial charge in [-0.3, -0.25) is 14.0 Å². The third-order valence-corrected chi connectivity index (χ3v) is 5.23. The van der Waals surface area contributed by atoms with Gasteiger partial charge in [-0.15, -0.1) is 5.10 Å². The summed E-state index contributed by atoms with van der Waals surface area (Å²) in [5, 5.41) is 11.6. The van der Waals surface area contributed by atoms with E-state index in [-0.39, 0.29) is 17.3 Å². The van der Waals surface area contributed by atoms with Crippen molar-refractivity contribution in [3.05, 3.63) is 64.3 Å². The SMILES string of the molecule is CCC(NC(=O)c1cc(=O)n2ccccc2n1)c1ccc(N2CCCCC2)nn1. The Morgan fingerprint density at radius 3 is 2.69 bits per heavy atom. The second kappa shape index (κ2) is 8.38. The minimum absolute atomic E-state index is 0.0950. The van der Waals surface area contributed by atoms with Crippen molar-refractivity contribution in [3.63, 3.8) is 0 Å². The van der Waals surface area contributed by atoms with Crippen molar-refractivity contribution in [2.45, 2.75) is 38.6 Å². The van der Waals surface area contributed by atoms with Crippen LogP contribution in [0.5, 0.6) is 0 Å². The van der Waals surface area contributed by atoms with Crippen molar-refractivity contribution < 1.29 is 4.79 Å². The second-order valence-electron chi connectivity index (χ2n) is 7.21. The van der Waals surface area contributed by atoms with E-state index < -0.39 is 5.91 Å². The maximum Gasteiger partial charge on any atom is 0.270 e. The molecule has 1 atom stereocenters. The zero-order valence-corrected chi connectivity index (χ0v) is 16.4. The Labute approximate surface area is 168 Å². The molecule has 0 spiro atoms. The van der Waals surface area contributed by atoms with Gasteiger partial charge in [0, 0.05) is 25.4 Å². The number of pyridine rings is 1. The number of nitrogens with zero attached hydrogens (tertiary/aromatic N) is 5. The summed E-state index contributed by atoms with van der Waals surface area (Å²) in [6, 6.07) is 10.0. The number of carbonyl (C=O) groups is 1. The minimum Gasteiger partial charge on any atom is -0.355 e. The molecule has 3 aromatic heterocycles. The number of hydrogen-bond donors (Lipinski definition) is 1. The van der Waals surface area contributed by atoms with Crippen LogP contribution in [-0.2, 0) is 0 Å². The fraction of sp³-hybridized carbons (Fsp3) is 0.381. The second-order valence-corrected chi connectivity index (χ2v) is 7.21. The van der Waals surface area contributed by atoms with Crippen LogP contribution in [0, 0.1) is 0 Å². The molecule has 1 N–H and O–H groups in total. The van der Waals surface area contributed by atoms with Gasteiger partial charge in [0.05, 0.1) is 11.7 Å². The van der Waals surface area contributed by atoms with E-state index in [4.69, 9.17) is 0 Å². The van der Waals surface area contributed by atoms with Gasteiger partial charge in [-0.25, -0.2) is 4.98 Å². The van der Waals surface area contributed by atoms with Gasteiger partial charge in [0.2, 0.25) is 0 Å². The summed E-state index contributed by atoms with van der Waals surface area (Å²) in [5.41, 5.74) is 0.931. The number of anilines is 1. The number of carbonyl (C=O) groups excluding carboxylic acids is 1. The van der Waals surface area contributed by atoms with Gasteiger partial charge < -0.3 is 10.2 Å². The smallest absolute Gasteiger partial charge is 0.270 e. The number of fused-ring (bicyclic) bond motifs is 1. The van der Waals surface area contributed by atoms with E-state index >= 15 is 0 Å². The van der Waals surface area contributed by atoms with Crippen molar-refractivity contribution in [2.24, 2.45) is 0 Å². The van der Waals surface area contributed by atoms with Gasteiger partial charge in [0.15, 0.2) is 5.82 Å². The predicted molar refractivity (Wildman–Crippen MR) is 110 cm³/mol. The van der Waals surface area contributed by atoms with Crippen LogP contribution in [0.25, 0.3) is 5.65 Å². The lowest BCUT2D eigenvalue weighted by Crippen LogP contribution is -2.32. The van der Waals surface area contributed by atoms with Crippen LogP contribution >= 0.6 is 0 Å². The van der Waals surface area contributed by atoms with Crippen LogP contribution in [-0.4, -0.2) is 38.6 Å². The molecule has 8 nitrogen and oxygen atoms in total. The first-order valence-electron chi connectivity index (χ1n) is 10.0. The molecule has 29 heavy (non-hydrogen) atoms. The Morgan fingerprint density at radius 2 is 1.97 bits per heavy atom. The van der Waals surface area contributed by atoms with E-state index in [1.807, 2.05) is 19.1 Å². The van der Waals surface area contributed by atoms with E-state index in [9.17, 15) is 9.59 Å². The zero-order valence-electron chi connectivity index (χ0n) is 16.4. The maximum absolute atomic E-state index is 12.7. The van der Waals surface area contributed by atoms with Crippen LogP contribution in [0.4, 0.5) is 5.82 Å². The molecule has 1 unspecified atom stereocenters. The summed E-state index contributed by atoms with van der Waals surface area (Å²) >= 11 is 0. The van der Waals surface area contributed by atoms with E-state index in [0.717, 1.165) is 18.9 Å². The first kappa shape index (κ1) is 19.0. The molecular formula is C21H24N6O2. The third kappa shape index (κ3) is 4.11. The molecule has 1 saturated heterocycles. The highest BCUT2D eigenvalue weighted by Gasteiger charge is 2.19. The first-order chi connectivity index (χ1) is 14.2. The molecule has 4 rings (SSSR count). The maximum atomic E-state index is 12.7. The van der Waals surface area contributed by atoms with E-state index in [0.29, 0.717) is 17.8 Å². The average Bonchev–Trinajstić information content (AvgIpc) is 2.78. The first-order valence-corrected chi connectivity index (χ1v) is 10.0. The Morgan fingerprint density at radius 1 is 1.14 bits per heavy atom. The fourth-order valence-electron chi connectivity index (χ4n) is 3.60. The highest BCUT2D eigenvalue weighted by molar-refractivity contribution is 5.92. The lowest BCUT2D eigenvalue weighted by atomic mass is 10.1. The molecule has 0 radical (unpaired) electrons. The number of rotatable bonds is 5. The molecule has 0 aliphatic carbocycles. The van der Waals surface area contributed by atoms with Crippen LogP contribution in [0.3, 0.4) is 0 Å². The van der Waals surface area contributed by atoms with E-state index in [1.165, 1.54) is 29.7 Å². The fourth-order valence-corrected chi connectivity index (χ4v) is 3.60. The topological polar surface area (TPSA) is 92.5 Å². The van der Waals surface area contributed by atoms with Crippen LogP contribution in [0.2, 0.25) is 0 Å². The van der Waals surface area contributed by atoms with Crippen molar-refractivity contribution >= 4 is 17.4 Å². The molecule has 8 heteroatoms.